The second-order valence-corrected chi connectivity index (χ2v) is 5.59. The topological polar surface area (TPSA) is 66.9 Å². The van der Waals surface area contributed by atoms with Gasteiger partial charge in [0.05, 0.1) is 0 Å². The van der Waals surface area contributed by atoms with Gasteiger partial charge >= 0.3 is 0 Å². The van der Waals surface area contributed by atoms with Gasteiger partial charge in [0.1, 0.15) is 11.6 Å². The van der Waals surface area contributed by atoms with E-state index in [4.69, 9.17) is 0 Å². The van der Waals surface area contributed by atoms with Crippen LogP contribution in [0.5, 0.6) is 0 Å². The third-order valence-electron chi connectivity index (χ3n) is 3.30. The number of hydrogen-bond acceptors (Lipinski definition) is 4. The summed E-state index contributed by atoms with van der Waals surface area (Å²) in [6.07, 6.45) is 3.83. The molecule has 0 aliphatic heterocycles. The van der Waals surface area contributed by atoms with Crippen LogP contribution >= 0.6 is 15.9 Å². The SMILES string of the molecule is CNc1ncc(Br)c2cc(NC(=O)C3(F)CC3)ncc12. The Morgan fingerprint density at radius 3 is 2.75 bits per heavy atom. The lowest BCUT2D eigenvalue weighted by molar-refractivity contribution is -0.122. The minimum absolute atomic E-state index is 0.282. The molecule has 2 N–H and O–H groups in total. The lowest BCUT2D eigenvalue weighted by Crippen LogP contribution is -2.25. The van der Waals surface area contributed by atoms with E-state index in [-0.39, 0.29) is 12.8 Å². The largest absolute Gasteiger partial charge is 0.373 e. The fourth-order valence-corrected chi connectivity index (χ4v) is 2.37. The average Bonchev–Trinajstić information content (AvgIpc) is 3.19. The number of fused-ring (bicyclic) bond motifs is 1. The molecule has 2 heterocycles. The van der Waals surface area contributed by atoms with Crippen molar-refractivity contribution in [3.05, 3.63) is 22.9 Å². The van der Waals surface area contributed by atoms with Crippen molar-refractivity contribution in [2.45, 2.75) is 18.5 Å². The lowest BCUT2D eigenvalue weighted by atomic mass is 10.2. The first kappa shape index (κ1) is 13.2. The smallest absolute Gasteiger partial charge is 0.263 e. The maximum atomic E-state index is 13.6. The van der Waals surface area contributed by atoms with E-state index in [2.05, 4.69) is 36.5 Å². The highest BCUT2D eigenvalue weighted by Gasteiger charge is 2.51. The highest BCUT2D eigenvalue weighted by Crippen LogP contribution is 2.40. The summed E-state index contributed by atoms with van der Waals surface area (Å²) in [5.41, 5.74) is -1.71. The van der Waals surface area contributed by atoms with Crippen LogP contribution in [0.4, 0.5) is 16.0 Å². The second kappa shape index (κ2) is 4.66. The Hall–Kier alpha value is -1.76. The molecule has 0 aromatic carbocycles. The number of amides is 1. The van der Waals surface area contributed by atoms with E-state index in [1.807, 2.05) is 0 Å². The maximum absolute atomic E-state index is 13.6. The van der Waals surface area contributed by atoms with Gasteiger partial charge in [-0.1, -0.05) is 0 Å². The summed E-state index contributed by atoms with van der Waals surface area (Å²) in [6.45, 7) is 0. The van der Waals surface area contributed by atoms with Crippen molar-refractivity contribution >= 4 is 44.2 Å². The molecule has 3 rings (SSSR count). The molecule has 20 heavy (non-hydrogen) atoms. The van der Waals surface area contributed by atoms with Gasteiger partial charge in [0.2, 0.25) is 0 Å². The molecule has 0 bridgehead atoms. The molecule has 1 amide bonds. The Kier molecular flexibility index (Phi) is 3.08. The van der Waals surface area contributed by atoms with Crippen LogP contribution in [-0.2, 0) is 4.79 Å². The first-order valence-electron chi connectivity index (χ1n) is 6.16. The molecule has 2 aromatic heterocycles. The number of rotatable bonds is 3. The molecular formula is C13H12BrFN4O. The number of nitrogens with zero attached hydrogens (tertiary/aromatic N) is 2. The summed E-state index contributed by atoms with van der Waals surface area (Å²) in [5, 5.41) is 7.15. The van der Waals surface area contributed by atoms with E-state index < -0.39 is 11.6 Å². The van der Waals surface area contributed by atoms with Crippen LogP contribution in [0.25, 0.3) is 10.8 Å². The van der Waals surface area contributed by atoms with Crippen molar-refractivity contribution in [1.82, 2.24) is 9.97 Å². The van der Waals surface area contributed by atoms with E-state index >= 15 is 0 Å². The van der Waals surface area contributed by atoms with Gasteiger partial charge in [0.15, 0.2) is 5.67 Å². The number of anilines is 2. The number of aromatic nitrogens is 2. The molecule has 5 nitrogen and oxygen atoms in total. The number of hydrogen-bond donors (Lipinski definition) is 2. The zero-order valence-corrected chi connectivity index (χ0v) is 12.3. The van der Waals surface area contributed by atoms with Gasteiger partial charge < -0.3 is 10.6 Å². The van der Waals surface area contributed by atoms with E-state index in [1.54, 1.807) is 25.5 Å². The normalized spacial score (nSPS) is 15.9. The first-order valence-corrected chi connectivity index (χ1v) is 6.95. The van der Waals surface area contributed by atoms with Crippen LogP contribution in [0.1, 0.15) is 12.8 Å². The van der Waals surface area contributed by atoms with E-state index in [1.165, 1.54) is 0 Å². The lowest BCUT2D eigenvalue weighted by Gasteiger charge is -2.10. The molecule has 104 valence electrons. The number of pyridine rings is 2. The van der Waals surface area contributed by atoms with Crippen LogP contribution < -0.4 is 10.6 Å². The molecule has 0 unspecified atom stereocenters. The van der Waals surface area contributed by atoms with Crippen molar-refractivity contribution in [3.63, 3.8) is 0 Å². The van der Waals surface area contributed by atoms with Crippen molar-refractivity contribution in [1.29, 1.82) is 0 Å². The molecule has 1 aliphatic carbocycles. The summed E-state index contributed by atoms with van der Waals surface area (Å²) in [6, 6.07) is 1.70. The first-order chi connectivity index (χ1) is 9.53. The van der Waals surface area contributed by atoms with Crippen molar-refractivity contribution in [2.75, 3.05) is 17.7 Å². The Morgan fingerprint density at radius 1 is 1.35 bits per heavy atom. The molecule has 1 aliphatic rings. The standard InChI is InChI=1S/C13H12BrFN4O/c1-16-11-8-5-17-10(4-7(8)9(14)6-18-11)19-12(20)13(15)2-3-13/h4-6H,2-3H2,1H3,(H,16,18)(H,17,19,20). The number of carbonyl (C=O) groups excluding carboxylic acids is 1. The van der Waals surface area contributed by atoms with Crippen LogP contribution in [0, 0.1) is 0 Å². The number of alkyl halides is 1. The highest BCUT2D eigenvalue weighted by atomic mass is 79.9. The average molecular weight is 339 g/mol. The van der Waals surface area contributed by atoms with E-state index in [0.717, 1.165) is 15.2 Å². The molecule has 1 fully saturated rings. The third kappa shape index (κ3) is 2.22. The predicted molar refractivity (Wildman–Crippen MR) is 78.5 cm³/mol. The molecule has 0 atom stereocenters. The zero-order chi connectivity index (χ0) is 14.3. The Labute approximate surface area is 123 Å². The number of nitrogens with one attached hydrogen (secondary N) is 2. The summed E-state index contributed by atoms with van der Waals surface area (Å²) in [5.74, 6) is 0.404. The number of carbonyl (C=O) groups is 1. The molecular weight excluding hydrogens is 327 g/mol. The predicted octanol–water partition coefficient (Wildman–Crippen LogP) is 2.87. The Bertz CT molecular complexity index is 702. The monoisotopic (exact) mass is 338 g/mol. The number of halogens is 2. The van der Waals surface area contributed by atoms with Crippen molar-refractivity contribution in [3.8, 4) is 0 Å². The molecule has 2 aromatic rings. The fraction of sp³-hybridized carbons (Fsp3) is 0.308. The van der Waals surface area contributed by atoms with Crippen LogP contribution in [0.3, 0.4) is 0 Å². The Balaban J connectivity index is 1.98. The van der Waals surface area contributed by atoms with Gasteiger partial charge in [-0.2, -0.15) is 0 Å². The van der Waals surface area contributed by atoms with Crippen molar-refractivity contribution in [2.24, 2.45) is 0 Å². The van der Waals surface area contributed by atoms with Gasteiger partial charge in [-0.15, -0.1) is 0 Å². The highest BCUT2D eigenvalue weighted by molar-refractivity contribution is 9.10. The summed E-state index contributed by atoms with van der Waals surface area (Å²) >= 11 is 3.41. The molecule has 7 heteroatoms. The minimum atomic E-state index is -1.71. The van der Waals surface area contributed by atoms with E-state index in [0.29, 0.717) is 11.6 Å². The molecule has 0 saturated heterocycles. The fourth-order valence-electron chi connectivity index (χ4n) is 1.93. The second-order valence-electron chi connectivity index (χ2n) is 4.74. The summed E-state index contributed by atoms with van der Waals surface area (Å²) < 4.78 is 14.4. The maximum Gasteiger partial charge on any atom is 0.263 e. The van der Waals surface area contributed by atoms with Gasteiger partial charge in [-0.05, 0) is 34.8 Å². The van der Waals surface area contributed by atoms with Gasteiger partial charge in [-0.3, -0.25) is 4.79 Å². The van der Waals surface area contributed by atoms with Crippen LogP contribution in [0.15, 0.2) is 22.9 Å². The quantitative estimate of drug-likeness (QED) is 0.902. The summed E-state index contributed by atoms with van der Waals surface area (Å²) in [4.78, 5) is 20.0. The van der Waals surface area contributed by atoms with Crippen molar-refractivity contribution < 1.29 is 9.18 Å². The summed E-state index contributed by atoms with van der Waals surface area (Å²) in [7, 11) is 1.77. The third-order valence-corrected chi connectivity index (χ3v) is 3.93. The molecule has 1 saturated carbocycles. The van der Waals surface area contributed by atoms with Gasteiger partial charge in [0, 0.05) is 34.7 Å². The van der Waals surface area contributed by atoms with Crippen LogP contribution in [-0.4, -0.2) is 28.6 Å². The Morgan fingerprint density at radius 2 is 2.10 bits per heavy atom. The zero-order valence-electron chi connectivity index (χ0n) is 10.7. The van der Waals surface area contributed by atoms with Crippen LogP contribution in [0.2, 0.25) is 0 Å². The van der Waals surface area contributed by atoms with Gasteiger partial charge in [0.25, 0.3) is 5.91 Å². The minimum Gasteiger partial charge on any atom is -0.373 e. The van der Waals surface area contributed by atoms with Gasteiger partial charge in [-0.25, -0.2) is 14.4 Å². The molecule has 0 spiro atoms. The molecule has 0 radical (unpaired) electrons. The van der Waals surface area contributed by atoms with E-state index in [9.17, 15) is 9.18 Å².